The first-order valence-electron chi connectivity index (χ1n) is 10.4. The number of carbonyl (C=O) groups excluding carboxylic acids is 3. The highest BCUT2D eigenvalue weighted by atomic mass is 16.5. The Morgan fingerprint density at radius 1 is 1.10 bits per heavy atom. The van der Waals surface area contributed by atoms with Crippen molar-refractivity contribution in [2.75, 3.05) is 32.8 Å². The van der Waals surface area contributed by atoms with E-state index in [1.165, 1.54) is 0 Å². The topological polar surface area (TPSA) is 97.0 Å². The van der Waals surface area contributed by atoms with Gasteiger partial charge in [0.15, 0.2) is 0 Å². The zero-order valence-electron chi connectivity index (χ0n) is 17.5. The number of urea groups is 1. The molecule has 0 radical (unpaired) electrons. The zero-order chi connectivity index (χ0) is 21.5. The molecule has 30 heavy (non-hydrogen) atoms. The summed E-state index contributed by atoms with van der Waals surface area (Å²) in [7, 11) is 0. The van der Waals surface area contributed by atoms with Gasteiger partial charge in [0.1, 0.15) is 0 Å². The van der Waals surface area contributed by atoms with Crippen LogP contribution >= 0.6 is 0 Å². The Hall–Kier alpha value is -2.87. The molecule has 1 fully saturated rings. The summed E-state index contributed by atoms with van der Waals surface area (Å²) >= 11 is 0. The predicted molar refractivity (Wildman–Crippen MR) is 110 cm³/mol. The van der Waals surface area contributed by atoms with Crippen LogP contribution in [0, 0.1) is 5.92 Å². The first kappa shape index (κ1) is 21.8. The Kier molecular flexibility index (Phi) is 7.46. The molecule has 1 aromatic rings. The molecule has 2 N–H and O–H groups in total. The van der Waals surface area contributed by atoms with Crippen molar-refractivity contribution >= 4 is 18.0 Å². The van der Waals surface area contributed by atoms with Crippen LogP contribution in [-0.2, 0) is 19.1 Å². The molecule has 1 saturated carbocycles. The van der Waals surface area contributed by atoms with Gasteiger partial charge in [-0.2, -0.15) is 0 Å². The number of hydrogen-bond donors (Lipinski definition) is 2. The predicted octanol–water partition coefficient (Wildman–Crippen LogP) is 2.13. The van der Waals surface area contributed by atoms with Crippen molar-refractivity contribution in [1.29, 1.82) is 0 Å². The van der Waals surface area contributed by atoms with Crippen LogP contribution in [0.3, 0.4) is 0 Å². The number of benzene rings is 1. The number of rotatable bonds is 10. The lowest BCUT2D eigenvalue weighted by Gasteiger charge is -2.32. The van der Waals surface area contributed by atoms with E-state index in [9.17, 15) is 14.4 Å². The molecule has 162 valence electrons. The SMILES string of the molecule is CCOC(=O)CN(CC1=C(C(=O)OCC)C(c2ccccc2)NC(=O)N1)CC1CC1. The Balaban J connectivity index is 1.92. The van der Waals surface area contributed by atoms with E-state index >= 15 is 0 Å². The van der Waals surface area contributed by atoms with E-state index in [1.54, 1.807) is 13.8 Å². The quantitative estimate of drug-likeness (QED) is 0.569. The molecule has 3 rings (SSSR count). The standard InChI is InChI=1S/C22H29N3O5/c1-3-29-18(26)14-25(12-15-10-11-15)13-17-19(21(27)30-4-2)20(24-22(28)23-17)16-8-6-5-7-9-16/h5-9,15,20H,3-4,10-14H2,1-2H3,(H2,23,24,28). The summed E-state index contributed by atoms with van der Waals surface area (Å²) in [6.07, 6.45) is 2.23. The molecular weight excluding hydrogens is 386 g/mol. The number of nitrogens with zero attached hydrogens (tertiary/aromatic N) is 1. The molecule has 0 spiro atoms. The highest BCUT2D eigenvalue weighted by Gasteiger charge is 2.35. The Bertz CT molecular complexity index is 804. The van der Waals surface area contributed by atoms with Gasteiger partial charge in [-0.25, -0.2) is 9.59 Å². The number of carbonyl (C=O) groups is 3. The second kappa shape index (κ2) is 10.2. The number of esters is 2. The van der Waals surface area contributed by atoms with E-state index in [2.05, 4.69) is 10.6 Å². The van der Waals surface area contributed by atoms with E-state index in [0.29, 0.717) is 30.3 Å². The van der Waals surface area contributed by atoms with E-state index < -0.39 is 18.0 Å². The van der Waals surface area contributed by atoms with Gasteiger partial charge in [0.05, 0.1) is 31.4 Å². The molecule has 0 bridgehead atoms. The minimum absolute atomic E-state index is 0.100. The van der Waals surface area contributed by atoms with E-state index in [1.807, 2.05) is 35.2 Å². The van der Waals surface area contributed by atoms with Crippen LogP contribution in [0.1, 0.15) is 38.3 Å². The van der Waals surface area contributed by atoms with Crippen molar-refractivity contribution in [1.82, 2.24) is 15.5 Å². The van der Waals surface area contributed by atoms with Gasteiger partial charge in [0, 0.05) is 18.8 Å². The molecule has 1 heterocycles. The van der Waals surface area contributed by atoms with Gasteiger partial charge in [0.25, 0.3) is 0 Å². The summed E-state index contributed by atoms with van der Waals surface area (Å²) < 4.78 is 10.4. The third-order valence-electron chi connectivity index (χ3n) is 5.03. The van der Waals surface area contributed by atoms with Crippen molar-refractivity contribution in [3.8, 4) is 0 Å². The minimum atomic E-state index is -0.626. The maximum atomic E-state index is 12.9. The lowest BCUT2D eigenvalue weighted by atomic mass is 9.95. The highest BCUT2D eigenvalue weighted by molar-refractivity contribution is 5.95. The fourth-order valence-electron chi connectivity index (χ4n) is 3.55. The van der Waals surface area contributed by atoms with Gasteiger partial charge >= 0.3 is 18.0 Å². The molecule has 1 aliphatic carbocycles. The van der Waals surface area contributed by atoms with E-state index in [4.69, 9.17) is 9.47 Å². The molecule has 2 aliphatic rings. The van der Waals surface area contributed by atoms with Crippen LogP contribution in [0.25, 0.3) is 0 Å². The summed E-state index contributed by atoms with van der Waals surface area (Å²) in [6, 6.07) is 8.27. The lowest BCUT2D eigenvalue weighted by Crippen LogP contribution is -2.49. The summed E-state index contributed by atoms with van der Waals surface area (Å²) in [5, 5.41) is 5.59. The van der Waals surface area contributed by atoms with E-state index in [-0.39, 0.29) is 25.7 Å². The van der Waals surface area contributed by atoms with Crippen LogP contribution in [-0.4, -0.2) is 55.7 Å². The van der Waals surface area contributed by atoms with Crippen LogP contribution in [0.15, 0.2) is 41.6 Å². The second-order valence-electron chi connectivity index (χ2n) is 7.47. The largest absolute Gasteiger partial charge is 0.465 e. The first-order chi connectivity index (χ1) is 14.5. The van der Waals surface area contributed by atoms with Gasteiger partial charge in [-0.05, 0) is 38.2 Å². The summed E-state index contributed by atoms with van der Waals surface area (Å²) in [5.41, 5.74) is 1.59. The normalized spacial score (nSPS) is 18.6. The Morgan fingerprint density at radius 3 is 2.43 bits per heavy atom. The van der Waals surface area contributed by atoms with Crippen molar-refractivity contribution < 1.29 is 23.9 Å². The smallest absolute Gasteiger partial charge is 0.338 e. The van der Waals surface area contributed by atoms with Crippen molar-refractivity contribution in [3.63, 3.8) is 0 Å². The maximum Gasteiger partial charge on any atom is 0.338 e. The summed E-state index contributed by atoms with van der Waals surface area (Å²) in [4.78, 5) is 39.3. The number of ether oxygens (including phenoxy) is 2. The van der Waals surface area contributed by atoms with Gasteiger partial charge in [-0.15, -0.1) is 0 Å². The van der Waals surface area contributed by atoms with Gasteiger partial charge < -0.3 is 20.1 Å². The molecule has 1 aliphatic heterocycles. The molecule has 0 saturated heterocycles. The number of amides is 2. The molecular formula is C22H29N3O5. The molecule has 2 amide bonds. The molecule has 1 atom stereocenters. The monoisotopic (exact) mass is 415 g/mol. The fourth-order valence-corrected chi connectivity index (χ4v) is 3.55. The highest BCUT2D eigenvalue weighted by Crippen LogP contribution is 2.31. The van der Waals surface area contributed by atoms with Crippen LogP contribution in [0.2, 0.25) is 0 Å². The molecule has 0 aromatic heterocycles. The first-order valence-corrected chi connectivity index (χ1v) is 10.4. The fraction of sp³-hybridized carbons (Fsp3) is 0.500. The molecule has 1 aromatic carbocycles. The van der Waals surface area contributed by atoms with Gasteiger partial charge in [0.2, 0.25) is 0 Å². The maximum absolute atomic E-state index is 12.9. The Labute approximate surface area is 176 Å². The van der Waals surface area contributed by atoms with Crippen LogP contribution in [0.4, 0.5) is 4.79 Å². The summed E-state index contributed by atoms with van der Waals surface area (Å²) in [6.45, 7) is 5.09. The minimum Gasteiger partial charge on any atom is -0.465 e. The zero-order valence-corrected chi connectivity index (χ0v) is 17.5. The summed E-state index contributed by atoms with van der Waals surface area (Å²) in [5.74, 6) is -0.291. The molecule has 1 unspecified atom stereocenters. The third-order valence-corrected chi connectivity index (χ3v) is 5.03. The lowest BCUT2D eigenvalue weighted by molar-refractivity contribution is -0.144. The van der Waals surface area contributed by atoms with Gasteiger partial charge in [-0.1, -0.05) is 30.3 Å². The van der Waals surface area contributed by atoms with Crippen molar-refractivity contribution in [3.05, 3.63) is 47.2 Å². The van der Waals surface area contributed by atoms with Crippen LogP contribution in [0.5, 0.6) is 0 Å². The van der Waals surface area contributed by atoms with Gasteiger partial charge in [-0.3, -0.25) is 9.69 Å². The number of hydrogen-bond acceptors (Lipinski definition) is 6. The van der Waals surface area contributed by atoms with E-state index in [0.717, 1.165) is 18.4 Å². The second-order valence-corrected chi connectivity index (χ2v) is 7.47. The molecule has 8 heteroatoms. The Morgan fingerprint density at radius 2 is 1.80 bits per heavy atom. The van der Waals surface area contributed by atoms with Crippen molar-refractivity contribution in [2.24, 2.45) is 5.92 Å². The average Bonchev–Trinajstić information content (AvgIpc) is 3.52. The third kappa shape index (κ3) is 5.82. The van der Waals surface area contributed by atoms with Crippen LogP contribution < -0.4 is 10.6 Å². The number of nitrogens with one attached hydrogen (secondary N) is 2. The average molecular weight is 415 g/mol. The van der Waals surface area contributed by atoms with Crippen molar-refractivity contribution in [2.45, 2.75) is 32.7 Å². The molecule has 8 nitrogen and oxygen atoms in total.